The molecule has 1 aliphatic heterocycles. The number of nitrogens with one attached hydrogen (secondary N) is 1. The van der Waals surface area contributed by atoms with Gasteiger partial charge in [-0.1, -0.05) is 17.3 Å². The Kier molecular flexibility index (Phi) is 3.42. The number of rotatable bonds is 4. The van der Waals surface area contributed by atoms with Crippen LogP contribution in [-0.4, -0.2) is 32.8 Å². The number of benzene rings is 1. The SMILES string of the molecule is CC(=O)NCc1nc(CN2C(=O)c3ccccc3C2=O)no1. The Morgan fingerprint density at radius 3 is 2.45 bits per heavy atom. The average molecular weight is 300 g/mol. The van der Waals surface area contributed by atoms with E-state index in [9.17, 15) is 14.4 Å². The van der Waals surface area contributed by atoms with Crippen LogP contribution in [0.2, 0.25) is 0 Å². The molecule has 3 amide bonds. The average Bonchev–Trinajstić information content (AvgIpc) is 3.05. The van der Waals surface area contributed by atoms with Crippen LogP contribution in [0.1, 0.15) is 39.4 Å². The fraction of sp³-hybridized carbons (Fsp3) is 0.214. The molecular weight excluding hydrogens is 288 g/mol. The molecule has 0 aliphatic carbocycles. The molecule has 3 rings (SSSR count). The number of amides is 3. The van der Waals surface area contributed by atoms with E-state index >= 15 is 0 Å². The van der Waals surface area contributed by atoms with Gasteiger partial charge in [0.25, 0.3) is 11.8 Å². The Balaban J connectivity index is 1.73. The molecule has 0 radical (unpaired) electrons. The topological polar surface area (TPSA) is 105 Å². The monoisotopic (exact) mass is 300 g/mol. The minimum atomic E-state index is -0.381. The first-order valence-electron chi connectivity index (χ1n) is 6.57. The lowest BCUT2D eigenvalue weighted by atomic mass is 10.1. The van der Waals surface area contributed by atoms with E-state index in [4.69, 9.17) is 4.52 Å². The van der Waals surface area contributed by atoms with Gasteiger partial charge in [-0.25, -0.2) is 0 Å². The van der Waals surface area contributed by atoms with Crippen LogP contribution in [0.3, 0.4) is 0 Å². The van der Waals surface area contributed by atoms with Gasteiger partial charge in [-0.3, -0.25) is 19.3 Å². The van der Waals surface area contributed by atoms with Gasteiger partial charge >= 0.3 is 0 Å². The van der Waals surface area contributed by atoms with E-state index in [1.165, 1.54) is 6.92 Å². The zero-order valence-electron chi connectivity index (χ0n) is 11.7. The molecule has 0 atom stereocenters. The zero-order chi connectivity index (χ0) is 15.7. The maximum atomic E-state index is 12.2. The standard InChI is InChI=1S/C14H12N4O4/c1-8(19)15-6-12-16-11(17-22-12)7-18-13(20)9-4-2-3-5-10(9)14(18)21/h2-5H,6-7H2,1H3,(H,15,19). The van der Waals surface area contributed by atoms with Gasteiger partial charge in [-0.2, -0.15) is 4.98 Å². The van der Waals surface area contributed by atoms with Crippen molar-refractivity contribution in [3.05, 3.63) is 47.1 Å². The molecule has 1 aliphatic rings. The van der Waals surface area contributed by atoms with Crippen LogP contribution in [0.15, 0.2) is 28.8 Å². The summed E-state index contributed by atoms with van der Waals surface area (Å²) in [5.74, 6) is -0.570. The lowest BCUT2D eigenvalue weighted by Crippen LogP contribution is -2.29. The molecule has 0 fully saturated rings. The molecule has 8 heteroatoms. The lowest BCUT2D eigenvalue weighted by Gasteiger charge is -2.10. The Bertz CT molecular complexity index is 733. The third-order valence-corrected chi connectivity index (χ3v) is 3.18. The van der Waals surface area contributed by atoms with Gasteiger partial charge in [0.05, 0.1) is 24.2 Å². The van der Waals surface area contributed by atoms with Crippen LogP contribution in [0, 0.1) is 0 Å². The van der Waals surface area contributed by atoms with Gasteiger partial charge in [0.2, 0.25) is 11.8 Å². The van der Waals surface area contributed by atoms with E-state index in [0.717, 1.165) is 4.90 Å². The minimum Gasteiger partial charge on any atom is -0.347 e. The number of carbonyl (C=O) groups is 3. The number of nitrogens with zero attached hydrogens (tertiary/aromatic N) is 3. The molecule has 8 nitrogen and oxygen atoms in total. The van der Waals surface area contributed by atoms with Crippen LogP contribution in [0.4, 0.5) is 0 Å². The third-order valence-electron chi connectivity index (χ3n) is 3.18. The number of carbonyl (C=O) groups excluding carboxylic acids is 3. The highest BCUT2D eigenvalue weighted by Crippen LogP contribution is 2.23. The predicted octanol–water partition coefficient (Wildman–Crippen LogP) is 0.502. The summed E-state index contributed by atoms with van der Waals surface area (Å²) >= 11 is 0. The van der Waals surface area contributed by atoms with Crippen LogP contribution in [-0.2, 0) is 17.9 Å². The molecule has 0 saturated heterocycles. The number of aromatic nitrogens is 2. The van der Waals surface area contributed by atoms with Gasteiger partial charge < -0.3 is 9.84 Å². The Morgan fingerprint density at radius 2 is 1.86 bits per heavy atom. The van der Waals surface area contributed by atoms with Crippen molar-refractivity contribution in [3.63, 3.8) is 0 Å². The van der Waals surface area contributed by atoms with E-state index < -0.39 is 0 Å². The first kappa shape index (κ1) is 13.9. The molecule has 22 heavy (non-hydrogen) atoms. The van der Waals surface area contributed by atoms with Crippen molar-refractivity contribution >= 4 is 17.7 Å². The number of fused-ring (bicyclic) bond motifs is 1. The van der Waals surface area contributed by atoms with Gasteiger partial charge in [0.15, 0.2) is 5.82 Å². The van der Waals surface area contributed by atoms with E-state index in [0.29, 0.717) is 11.1 Å². The van der Waals surface area contributed by atoms with Crippen LogP contribution >= 0.6 is 0 Å². The molecule has 2 aromatic rings. The molecule has 0 bridgehead atoms. The van der Waals surface area contributed by atoms with Crippen molar-refractivity contribution < 1.29 is 18.9 Å². The number of hydrogen-bond donors (Lipinski definition) is 1. The first-order chi connectivity index (χ1) is 10.6. The zero-order valence-corrected chi connectivity index (χ0v) is 11.7. The smallest absolute Gasteiger partial charge is 0.261 e. The van der Waals surface area contributed by atoms with Crippen LogP contribution in [0.25, 0.3) is 0 Å². The summed E-state index contributed by atoms with van der Waals surface area (Å²) in [7, 11) is 0. The highest BCUT2D eigenvalue weighted by atomic mass is 16.5. The normalized spacial score (nSPS) is 13.4. The largest absolute Gasteiger partial charge is 0.347 e. The van der Waals surface area contributed by atoms with Crippen molar-refractivity contribution in [2.45, 2.75) is 20.0 Å². The first-order valence-corrected chi connectivity index (χ1v) is 6.57. The number of imide groups is 1. The summed E-state index contributed by atoms with van der Waals surface area (Å²) in [5, 5.41) is 6.22. The molecule has 0 spiro atoms. The van der Waals surface area contributed by atoms with E-state index in [1.807, 2.05) is 0 Å². The fourth-order valence-electron chi connectivity index (χ4n) is 2.15. The fourth-order valence-corrected chi connectivity index (χ4v) is 2.15. The van der Waals surface area contributed by atoms with Gasteiger partial charge in [0.1, 0.15) is 0 Å². The summed E-state index contributed by atoms with van der Waals surface area (Å²) in [6, 6.07) is 6.61. The lowest BCUT2D eigenvalue weighted by molar-refractivity contribution is -0.119. The molecular formula is C14H12N4O4. The summed E-state index contributed by atoms with van der Waals surface area (Å²) in [5.41, 5.74) is 0.740. The molecule has 1 aromatic heterocycles. The summed E-state index contributed by atoms with van der Waals surface area (Å²) in [6.07, 6.45) is 0. The van der Waals surface area contributed by atoms with Crippen molar-refractivity contribution in [2.75, 3.05) is 0 Å². The highest BCUT2D eigenvalue weighted by molar-refractivity contribution is 6.21. The number of hydrogen-bond acceptors (Lipinski definition) is 6. The Morgan fingerprint density at radius 1 is 1.23 bits per heavy atom. The summed E-state index contributed by atoms with van der Waals surface area (Å²) in [4.78, 5) is 40.3. The molecule has 0 saturated carbocycles. The maximum absolute atomic E-state index is 12.2. The van der Waals surface area contributed by atoms with Crippen molar-refractivity contribution in [1.82, 2.24) is 20.4 Å². The van der Waals surface area contributed by atoms with Gasteiger partial charge in [-0.05, 0) is 12.1 Å². The molecule has 1 aromatic carbocycles. The van der Waals surface area contributed by atoms with Gasteiger partial charge in [0, 0.05) is 6.92 Å². The highest BCUT2D eigenvalue weighted by Gasteiger charge is 2.35. The van der Waals surface area contributed by atoms with E-state index in [2.05, 4.69) is 15.5 Å². The van der Waals surface area contributed by atoms with Crippen molar-refractivity contribution in [1.29, 1.82) is 0 Å². The van der Waals surface area contributed by atoms with E-state index in [1.54, 1.807) is 24.3 Å². The summed E-state index contributed by atoms with van der Waals surface area (Å²) in [6.45, 7) is 1.40. The second kappa shape index (κ2) is 5.40. The molecule has 2 heterocycles. The Labute approximate surface area is 125 Å². The van der Waals surface area contributed by atoms with Crippen LogP contribution in [0.5, 0.6) is 0 Å². The predicted molar refractivity (Wildman–Crippen MR) is 72.5 cm³/mol. The maximum Gasteiger partial charge on any atom is 0.261 e. The van der Waals surface area contributed by atoms with Crippen molar-refractivity contribution in [2.24, 2.45) is 0 Å². The second-order valence-corrected chi connectivity index (χ2v) is 4.76. The van der Waals surface area contributed by atoms with E-state index in [-0.39, 0.29) is 42.5 Å². The summed E-state index contributed by atoms with van der Waals surface area (Å²) < 4.78 is 4.95. The molecule has 1 N–H and O–H groups in total. The second-order valence-electron chi connectivity index (χ2n) is 4.76. The molecule has 112 valence electrons. The Hall–Kier alpha value is -3.03. The minimum absolute atomic E-state index is 0.0735. The van der Waals surface area contributed by atoms with Crippen LogP contribution < -0.4 is 5.32 Å². The quantitative estimate of drug-likeness (QED) is 0.824. The molecule has 0 unspecified atom stereocenters. The van der Waals surface area contributed by atoms with Crippen molar-refractivity contribution in [3.8, 4) is 0 Å². The van der Waals surface area contributed by atoms with Gasteiger partial charge in [-0.15, -0.1) is 0 Å². The third kappa shape index (κ3) is 2.46.